The molecule has 3 rings (SSSR count). The third kappa shape index (κ3) is 3.45. The molecule has 0 N–H and O–H groups in total. The molecule has 106 valence electrons. The van der Waals surface area contributed by atoms with Crippen molar-refractivity contribution in [1.29, 1.82) is 0 Å². The molecule has 1 aliphatic heterocycles. The quantitative estimate of drug-likeness (QED) is 0.755. The van der Waals surface area contributed by atoms with Crippen LogP contribution in [0, 0.1) is 11.8 Å². The summed E-state index contributed by atoms with van der Waals surface area (Å²) in [7, 11) is 0. The van der Waals surface area contributed by atoms with Gasteiger partial charge in [0.25, 0.3) is 5.91 Å². The molecule has 0 aliphatic carbocycles. The Labute approximate surface area is 128 Å². The summed E-state index contributed by atoms with van der Waals surface area (Å²) < 4.78 is 0. The predicted octanol–water partition coefficient (Wildman–Crippen LogP) is 2.45. The molecule has 1 aromatic carbocycles. The van der Waals surface area contributed by atoms with Gasteiger partial charge in [0, 0.05) is 48.7 Å². The molecular weight excluding hydrogens is 280 g/mol. The van der Waals surface area contributed by atoms with Crippen molar-refractivity contribution in [2.75, 3.05) is 31.1 Å². The first-order valence-electron chi connectivity index (χ1n) is 6.96. The van der Waals surface area contributed by atoms with E-state index in [1.54, 1.807) is 11.3 Å². The van der Waals surface area contributed by atoms with E-state index < -0.39 is 0 Å². The summed E-state index contributed by atoms with van der Waals surface area (Å²) in [5.74, 6) is 5.59. The number of carbonyl (C=O) groups excluding carboxylic acids is 1. The predicted molar refractivity (Wildman–Crippen MR) is 86.4 cm³/mol. The summed E-state index contributed by atoms with van der Waals surface area (Å²) in [5.41, 5.74) is 2.13. The van der Waals surface area contributed by atoms with Gasteiger partial charge in [-0.1, -0.05) is 24.1 Å². The Morgan fingerprint density at radius 2 is 1.81 bits per heavy atom. The first-order chi connectivity index (χ1) is 10.3. The Morgan fingerprint density at radius 1 is 1.05 bits per heavy atom. The molecule has 1 aliphatic rings. The number of benzene rings is 1. The zero-order valence-electron chi connectivity index (χ0n) is 11.7. The SMILES string of the molecule is O=C(C#Cc1ccccc1)N1CCN(c2ccsc2)CC1. The zero-order valence-corrected chi connectivity index (χ0v) is 12.5. The van der Waals surface area contributed by atoms with E-state index in [2.05, 4.69) is 33.6 Å². The van der Waals surface area contributed by atoms with E-state index in [-0.39, 0.29) is 5.91 Å². The smallest absolute Gasteiger partial charge is 0.298 e. The lowest BCUT2D eigenvalue weighted by Crippen LogP contribution is -2.48. The molecule has 4 heteroatoms. The fraction of sp³-hybridized carbons (Fsp3) is 0.235. The molecular formula is C17H16N2OS. The molecule has 3 nitrogen and oxygen atoms in total. The summed E-state index contributed by atoms with van der Waals surface area (Å²) in [6, 6.07) is 11.7. The van der Waals surface area contributed by atoms with Crippen molar-refractivity contribution < 1.29 is 4.79 Å². The second-order valence-corrected chi connectivity index (χ2v) is 5.66. The Balaban J connectivity index is 1.57. The Bertz CT molecular complexity index is 647. The van der Waals surface area contributed by atoms with Gasteiger partial charge in [0.2, 0.25) is 0 Å². The van der Waals surface area contributed by atoms with E-state index in [9.17, 15) is 4.79 Å². The number of piperazine rings is 1. The van der Waals surface area contributed by atoms with Gasteiger partial charge in [0.05, 0.1) is 0 Å². The van der Waals surface area contributed by atoms with E-state index in [1.807, 2.05) is 35.2 Å². The first kappa shape index (κ1) is 13.7. The van der Waals surface area contributed by atoms with Gasteiger partial charge in [-0.05, 0) is 23.6 Å². The van der Waals surface area contributed by atoms with Crippen LogP contribution in [0.4, 0.5) is 5.69 Å². The van der Waals surface area contributed by atoms with Crippen LogP contribution in [0.3, 0.4) is 0 Å². The van der Waals surface area contributed by atoms with Crippen LogP contribution in [0.2, 0.25) is 0 Å². The number of hydrogen-bond donors (Lipinski definition) is 0. The van der Waals surface area contributed by atoms with Gasteiger partial charge in [-0.15, -0.1) is 0 Å². The molecule has 0 bridgehead atoms. The maximum absolute atomic E-state index is 12.1. The number of rotatable bonds is 1. The van der Waals surface area contributed by atoms with E-state index in [4.69, 9.17) is 0 Å². The normalized spacial score (nSPS) is 14.5. The monoisotopic (exact) mass is 296 g/mol. The van der Waals surface area contributed by atoms with Gasteiger partial charge in [-0.2, -0.15) is 11.3 Å². The molecule has 1 saturated heterocycles. The van der Waals surface area contributed by atoms with Crippen molar-refractivity contribution in [1.82, 2.24) is 4.90 Å². The topological polar surface area (TPSA) is 23.6 Å². The number of amides is 1. The zero-order chi connectivity index (χ0) is 14.5. The van der Waals surface area contributed by atoms with Crippen molar-refractivity contribution in [2.45, 2.75) is 0 Å². The van der Waals surface area contributed by atoms with Crippen LogP contribution in [-0.4, -0.2) is 37.0 Å². The van der Waals surface area contributed by atoms with E-state index >= 15 is 0 Å². The summed E-state index contributed by atoms with van der Waals surface area (Å²) in [6.07, 6.45) is 0. The molecule has 0 spiro atoms. The van der Waals surface area contributed by atoms with Crippen molar-refractivity contribution in [3.8, 4) is 11.8 Å². The van der Waals surface area contributed by atoms with Crippen LogP contribution >= 0.6 is 11.3 Å². The van der Waals surface area contributed by atoms with Crippen LogP contribution in [0.25, 0.3) is 0 Å². The highest BCUT2D eigenvalue weighted by Gasteiger charge is 2.20. The third-order valence-corrected chi connectivity index (χ3v) is 4.20. The Hall–Kier alpha value is -2.25. The van der Waals surface area contributed by atoms with E-state index in [1.165, 1.54) is 5.69 Å². The third-order valence-electron chi connectivity index (χ3n) is 3.53. The highest BCUT2D eigenvalue weighted by Crippen LogP contribution is 2.19. The van der Waals surface area contributed by atoms with Gasteiger partial charge < -0.3 is 9.80 Å². The standard InChI is InChI=1S/C17H16N2OS/c20-17(7-6-15-4-2-1-3-5-15)19-11-9-18(10-12-19)16-8-13-21-14-16/h1-5,8,13-14H,9-12H2. The molecule has 0 saturated carbocycles. The maximum atomic E-state index is 12.1. The molecule has 1 fully saturated rings. The highest BCUT2D eigenvalue weighted by atomic mass is 32.1. The van der Waals surface area contributed by atoms with Crippen LogP contribution in [0.5, 0.6) is 0 Å². The summed E-state index contributed by atoms with van der Waals surface area (Å²) in [6.45, 7) is 3.21. The largest absolute Gasteiger partial charge is 0.367 e. The van der Waals surface area contributed by atoms with Crippen molar-refractivity contribution >= 4 is 22.9 Å². The summed E-state index contributed by atoms with van der Waals surface area (Å²) >= 11 is 1.70. The lowest BCUT2D eigenvalue weighted by Gasteiger charge is -2.34. The van der Waals surface area contributed by atoms with Gasteiger partial charge in [-0.25, -0.2) is 0 Å². The molecule has 1 aromatic heterocycles. The fourth-order valence-electron chi connectivity index (χ4n) is 2.33. The van der Waals surface area contributed by atoms with Gasteiger partial charge in [0.1, 0.15) is 0 Å². The fourth-order valence-corrected chi connectivity index (χ4v) is 2.99. The number of carbonyl (C=O) groups is 1. The average molecular weight is 296 g/mol. The minimum absolute atomic E-state index is 0.0798. The molecule has 2 heterocycles. The number of hydrogen-bond acceptors (Lipinski definition) is 3. The van der Waals surface area contributed by atoms with Crippen LogP contribution in [0.1, 0.15) is 5.56 Å². The molecule has 2 aromatic rings. The lowest BCUT2D eigenvalue weighted by molar-refractivity contribution is -0.125. The summed E-state index contributed by atoms with van der Waals surface area (Å²) in [4.78, 5) is 16.2. The summed E-state index contributed by atoms with van der Waals surface area (Å²) in [5, 5.41) is 4.23. The molecule has 21 heavy (non-hydrogen) atoms. The number of thiophene rings is 1. The lowest BCUT2D eigenvalue weighted by atomic mass is 10.2. The van der Waals surface area contributed by atoms with Crippen LogP contribution < -0.4 is 4.90 Å². The van der Waals surface area contributed by atoms with Crippen LogP contribution in [0.15, 0.2) is 47.2 Å². The minimum atomic E-state index is -0.0798. The van der Waals surface area contributed by atoms with Crippen molar-refractivity contribution in [2.24, 2.45) is 0 Å². The van der Waals surface area contributed by atoms with Crippen molar-refractivity contribution in [3.05, 3.63) is 52.7 Å². The Kier molecular flexibility index (Phi) is 4.23. The van der Waals surface area contributed by atoms with Crippen LogP contribution in [-0.2, 0) is 4.79 Å². The first-order valence-corrected chi connectivity index (χ1v) is 7.90. The number of anilines is 1. The molecule has 0 unspecified atom stereocenters. The second-order valence-electron chi connectivity index (χ2n) is 4.88. The van der Waals surface area contributed by atoms with Gasteiger partial charge in [-0.3, -0.25) is 4.79 Å². The number of nitrogens with zero attached hydrogens (tertiary/aromatic N) is 2. The minimum Gasteiger partial charge on any atom is -0.367 e. The van der Waals surface area contributed by atoms with E-state index in [0.717, 1.165) is 31.7 Å². The molecule has 1 amide bonds. The van der Waals surface area contributed by atoms with Gasteiger partial charge in [0.15, 0.2) is 0 Å². The second kappa shape index (κ2) is 6.47. The van der Waals surface area contributed by atoms with E-state index in [0.29, 0.717) is 0 Å². The molecule has 0 radical (unpaired) electrons. The Morgan fingerprint density at radius 3 is 2.48 bits per heavy atom. The average Bonchev–Trinajstić information content (AvgIpc) is 3.08. The van der Waals surface area contributed by atoms with Crippen molar-refractivity contribution in [3.63, 3.8) is 0 Å². The maximum Gasteiger partial charge on any atom is 0.298 e. The highest BCUT2D eigenvalue weighted by molar-refractivity contribution is 7.08. The van der Waals surface area contributed by atoms with Gasteiger partial charge >= 0.3 is 0 Å². The molecule has 0 atom stereocenters.